The van der Waals surface area contributed by atoms with Crippen LogP contribution in [0, 0.1) is 11.7 Å². The van der Waals surface area contributed by atoms with Crippen LogP contribution < -0.4 is 15.8 Å². The van der Waals surface area contributed by atoms with Crippen molar-refractivity contribution in [1.29, 1.82) is 0 Å². The van der Waals surface area contributed by atoms with Gasteiger partial charge in [0.05, 0.1) is 0 Å². The zero-order valence-electron chi connectivity index (χ0n) is 17.7. The first-order chi connectivity index (χ1) is 15.7. The van der Waals surface area contributed by atoms with Gasteiger partial charge in [-0.2, -0.15) is 22.0 Å². The van der Waals surface area contributed by atoms with Gasteiger partial charge in [0, 0.05) is 35.3 Å². The number of nitrogens with one attached hydrogen (secondary N) is 1. The van der Waals surface area contributed by atoms with E-state index in [-0.39, 0.29) is 16.9 Å². The Morgan fingerprint density at radius 3 is 2.50 bits per heavy atom. The van der Waals surface area contributed by atoms with Gasteiger partial charge in [0.25, 0.3) is 11.8 Å². The molecule has 0 unspecified atom stereocenters. The maximum atomic E-state index is 13.9. The number of primary amides is 1. The van der Waals surface area contributed by atoms with Crippen molar-refractivity contribution in [2.24, 2.45) is 11.7 Å². The fourth-order valence-corrected chi connectivity index (χ4v) is 3.86. The highest BCUT2D eigenvalue weighted by Crippen LogP contribution is 2.54. The van der Waals surface area contributed by atoms with E-state index in [1.54, 1.807) is 0 Å². The molecule has 184 valence electrons. The zero-order valence-corrected chi connectivity index (χ0v) is 17.7. The lowest BCUT2D eigenvalue weighted by molar-refractivity contribution is -0.272. The smallest absolute Gasteiger partial charge is 0.417 e. The van der Waals surface area contributed by atoms with Crippen LogP contribution in [0.5, 0.6) is 5.75 Å². The van der Waals surface area contributed by atoms with E-state index in [0.717, 1.165) is 38.2 Å². The van der Waals surface area contributed by atoms with Crippen molar-refractivity contribution in [3.05, 3.63) is 53.6 Å². The molecule has 2 heterocycles. The lowest BCUT2D eigenvalue weighted by atomic mass is 9.77. The van der Waals surface area contributed by atoms with Crippen LogP contribution in [0.1, 0.15) is 35.8 Å². The van der Waals surface area contributed by atoms with Crippen molar-refractivity contribution in [2.45, 2.75) is 44.3 Å². The standard InChI is InChI=1S/C21H19F6N3O4/c1-9-15(12-4-3-10(22)7-14(12)33-19(23)24)16(34-20(9,2)21(25,26)27)18(32)30-11-5-6-29-13(8-11)17(28)31/h3-9,15-16,19H,1-2H3,(H2,28,31)(H,29,30,32)/t9-,15-,16-,20+/m0/s1. The molecule has 0 aliphatic carbocycles. The number of carbonyl (C=O) groups excluding carboxylic acids is 2. The summed E-state index contributed by atoms with van der Waals surface area (Å²) >= 11 is 0. The monoisotopic (exact) mass is 491 g/mol. The van der Waals surface area contributed by atoms with Crippen LogP contribution in [0.4, 0.5) is 32.0 Å². The Labute approximate surface area is 189 Å². The minimum Gasteiger partial charge on any atom is -0.434 e. The molecule has 0 saturated carbocycles. The van der Waals surface area contributed by atoms with Gasteiger partial charge in [-0.15, -0.1) is 0 Å². The number of hydrogen-bond acceptors (Lipinski definition) is 5. The van der Waals surface area contributed by atoms with Crippen molar-refractivity contribution < 1.29 is 45.4 Å². The van der Waals surface area contributed by atoms with Gasteiger partial charge in [-0.05, 0) is 25.1 Å². The molecule has 34 heavy (non-hydrogen) atoms. The fraction of sp³-hybridized carbons (Fsp3) is 0.381. The lowest BCUT2D eigenvalue weighted by Crippen LogP contribution is -2.47. The van der Waals surface area contributed by atoms with Gasteiger partial charge in [-0.3, -0.25) is 14.6 Å². The molecule has 4 atom stereocenters. The summed E-state index contributed by atoms with van der Waals surface area (Å²) in [6, 6.07) is 4.76. The predicted octanol–water partition coefficient (Wildman–Crippen LogP) is 4.00. The second kappa shape index (κ2) is 9.12. The molecule has 1 aromatic heterocycles. The summed E-state index contributed by atoms with van der Waals surface area (Å²) in [4.78, 5) is 28.0. The summed E-state index contributed by atoms with van der Waals surface area (Å²) in [5, 5.41) is 2.32. The number of carbonyl (C=O) groups is 2. The number of hydrogen-bond donors (Lipinski definition) is 2. The third kappa shape index (κ3) is 4.79. The first kappa shape index (κ1) is 25.3. The van der Waals surface area contributed by atoms with E-state index in [1.807, 2.05) is 0 Å². The predicted molar refractivity (Wildman–Crippen MR) is 106 cm³/mol. The molecule has 1 saturated heterocycles. The van der Waals surface area contributed by atoms with E-state index >= 15 is 0 Å². The number of anilines is 1. The van der Waals surface area contributed by atoms with Gasteiger partial charge in [0.2, 0.25) is 0 Å². The molecule has 1 aliphatic heterocycles. The van der Waals surface area contributed by atoms with Crippen LogP contribution in [-0.4, -0.2) is 41.3 Å². The van der Waals surface area contributed by atoms with Gasteiger partial charge in [0.15, 0.2) is 5.60 Å². The molecule has 0 spiro atoms. The van der Waals surface area contributed by atoms with Gasteiger partial charge < -0.3 is 20.5 Å². The largest absolute Gasteiger partial charge is 0.434 e. The SMILES string of the molecule is C[C@H]1[C@@H](c2ccc(F)cc2OC(F)F)[C@@H](C(=O)Nc2ccnc(C(N)=O)c2)O[C@@]1(C)C(F)(F)F. The number of rotatable bonds is 6. The van der Waals surface area contributed by atoms with Crippen LogP contribution in [-0.2, 0) is 9.53 Å². The number of benzene rings is 1. The number of nitrogens with two attached hydrogens (primary N) is 1. The maximum absolute atomic E-state index is 13.9. The molecule has 13 heteroatoms. The van der Waals surface area contributed by atoms with E-state index < -0.39 is 59.7 Å². The van der Waals surface area contributed by atoms with Gasteiger partial charge in [-0.1, -0.05) is 13.0 Å². The Bertz CT molecular complexity index is 1100. The van der Waals surface area contributed by atoms with Gasteiger partial charge in [-0.25, -0.2) is 4.39 Å². The summed E-state index contributed by atoms with van der Waals surface area (Å²) in [7, 11) is 0. The summed E-state index contributed by atoms with van der Waals surface area (Å²) < 4.78 is 90.9. The lowest BCUT2D eigenvalue weighted by Gasteiger charge is -2.32. The van der Waals surface area contributed by atoms with E-state index in [2.05, 4.69) is 15.0 Å². The summed E-state index contributed by atoms with van der Waals surface area (Å²) in [5.41, 5.74) is 1.77. The highest BCUT2D eigenvalue weighted by atomic mass is 19.4. The number of alkyl halides is 5. The average Bonchev–Trinajstić information content (AvgIpc) is 3.00. The second-order valence-electron chi connectivity index (χ2n) is 7.80. The highest BCUT2D eigenvalue weighted by Gasteiger charge is 2.65. The highest BCUT2D eigenvalue weighted by molar-refractivity contribution is 5.97. The number of ether oxygens (including phenoxy) is 2. The summed E-state index contributed by atoms with van der Waals surface area (Å²) in [5.74, 6) is -6.62. The number of aromatic nitrogens is 1. The minimum absolute atomic E-state index is 0.0208. The summed E-state index contributed by atoms with van der Waals surface area (Å²) in [6.45, 7) is -1.53. The third-order valence-corrected chi connectivity index (χ3v) is 5.76. The minimum atomic E-state index is -4.95. The molecule has 1 aromatic carbocycles. The van der Waals surface area contributed by atoms with Crippen LogP contribution in [0.15, 0.2) is 36.5 Å². The maximum Gasteiger partial charge on any atom is 0.417 e. The van der Waals surface area contributed by atoms with E-state index in [9.17, 15) is 35.9 Å². The number of halogens is 6. The normalized spacial score (nSPS) is 24.8. The molecule has 1 fully saturated rings. The molecule has 0 radical (unpaired) electrons. The van der Waals surface area contributed by atoms with Gasteiger partial charge >= 0.3 is 12.8 Å². The molecule has 1 aliphatic rings. The first-order valence-electron chi connectivity index (χ1n) is 9.80. The van der Waals surface area contributed by atoms with Crippen molar-refractivity contribution >= 4 is 17.5 Å². The Morgan fingerprint density at radius 2 is 1.91 bits per heavy atom. The van der Waals surface area contributed by atoms with E-state index in [0.29, 0.717) is 6.07 Å². The molecule has 3 N–H and O–H groups in total. The third-order valence-electron chi connectivity index (χ3n) is 5.76. The van der Waals surface area contributed by atoms with Crippen molar-refractivity contribution in [3.8, 4) is 5.75 Å². The topological polar surface area (TPSA) is 104 Å². The molecular formula is C21H19F6N3O4. The molecule has 0 bridgehead atoms. The Hall–Kier alpha value is -3.35. The van der Waals surface area contributed by atoms with Crippen molar-refractivity contribution in [1.82, 2.24) is 4.98 Å². The fourth-order valence-electron chi connectivity index (χ4n) is 3.86. The van der Waals surface area contributed by atoms with E-state index in [1.165, 1.54) is 6.07 Å². The van der Waals surface area contributed by atoms with Crippen LogP contribution >= 0.6 is 0 Å². The van der Waals surface area contributed by atoms with Gasteiger partial charge in [0.1, 0.15) is 23.4 Å². The molecule has 2 amide bonds. The first-order valence-corrected chi connectivity index (χ1v) is 9.80. The molecular weight excluding hydrogens is 472 g/mol. The average molecular weight is 491 g/mol. The quantitative estimate of drug-likeness (QED) is 0.595. The molecule has 2 aromatic rings. The summed E-state index contributed by atoms with van der Waals surface area (Å²) in [6.07, 6.45) is -5.66. The van der Waals surface area contributed by atoms with Crippen LogP contribution in [0.25, 0.3) is 0 Å². The van der Waals surface area contributed by atoms with Crippen molar-refractivity contribution in [2.75, 3.05) is 5.32 Å². The molecule has 7 nitrogen and oxygen atoms in total. The van der Waals surface area contributed by atoms with Crippen molar-refractivity contribution in [3.63, 3.8) is 0 Å². The Kier molecular flexibility index (Phi) is 6.78. The zero-order chi connectivity index (χ0) is 25.4. The van der Waals surface area contributed by atoms with Crippen LogP contribution in [0.2, 0.25) is 0 Å². The van der Waals surface area contributed by atoms with E-state index in [4.69, 9.17) is 10.5 Å². The number of nitrogens with zero attached hydrogens (tertiary/aromatic N) is 1. The Balaban J connectivity index is 2.06. The Morgan fingerprint density at radius 1 is 1.24 bits per heavy atom. The second-order valence-corrected chi connectivity index (χ2v) is 7.80. The number of amides is 2. The molecule has 3 rings (SSSR count). The van der Waals surface area contributed by atoms with Crippen LogP contribution in [0.3, 0.4) is 0 Å². The number of pyridine rings is 1.